The molecule has 2 aromatic rings. The van der Waals surface area contributed by atoms with E-state index in [0.717, 1.165) is 17.1 Å². The number of anilines is 1. The molecule has 0 fully saturated rings. The third-order valence-electron chi connectivity index (χ3n) is 3.24. The first kappa shape index (κ1) is 15.6. The number of aromatic nitrogens is 1. The normalized spacial score (nSPS) is 10.3. The molecule has 2 rings (SSSR count). The average molecular weight is 303 g/mol. The van der Waals surface area contributed by atoms with Crippen LogP contribution < -0.4 is 10.1 Å². The largest absolute Gasteiger partial charge is 0.500 e. The van der Waals surface area contributed by atoms with Crippen LogP contribution in [0.1, 0.15) is 17.0 Å². The van der Waals surface area contributed by atoms with Crippen molar-refractivity contribution in [3.05, 3.63) is 51.3 Å². The molecule has 116 valence electrons. The molecule has 0 saturated carbocycles. The van der Waals surface area contributed by atoms with Crippen molar-refractivity contribution in [1.82, 2.24) is 4.98 Å². The second-order valence-electron chi connectivity index (χ2n) is 4.86. The Morgan fingerprint density at radius 3 is 2.68 bits per heavy atom. The lowest BCUT2D eigenvalue weighted by molar-refractivity contribution is -0.386. The average Bonchev–Trinajstić information content (AvgIpc) is 2.47. The van der Waals surface area contributed by atoms with E-state index in [1.807, 2.05) is 26.0 Å². The SMILES string of the molecule is COc1cc(CNc2ccc(C)nc2C)cc([N+](=O)[O-])c1O. The van der Waals surface area contributed by atoms with Crippen molar-refractivity contribution in [2.75, 3.05) is 12.4 Å². The third-order valence-corrected chi connectivity index (χ3v) is 3.24. The molecule has 0 unspecified atom stereocenters. The van der Waals surface area contributed by atoms with E-state index in [-0.39, 0.29) is 11.4 Å². The van der Waals surface area contributed by atoms with Crippen molar-refractivity contribution in [3.8, 4) is 11.5 Å². The summed E-state index contributed by atoms with van der Waals surface area (Å²) in [5.41, 5.74) is 2.86. The number of pyridine rings is 1. The van der Waals surface area contributed by atoms with Gasteiger partial charge in [-0.05, 0) is 37.6 Å². The number of nitrogens with zero attached hydrogens (tertiary/aromatic N) is 2. The number of ether oxygens (including phenoxy) is 1. The summed E-state index contributed by atoms with van der Waals surface area (Å²) in [7, 11) is 1.35. The summed E-state index contributed by atoms with van der Waals surface area (Å²) in [4.78, 5) is 14.7. The van der Waals surface area contributed by atoms with Gasteiger partial charge in [0.25, 0.3) is 0 Å². The van der Waals surface area contributed by atoms with Crippen molar-refractivity contribution in [3.63, 3.8) is 0 Å². The molecule has 0 radical (unpaired) electrons. The molecule has 0 aliphatic carbocycles. The molecule has 0 bridgehead atoms. The molecule has 0 aliphatic rings. The van der Waals surface area contributed by atoms with Crippen LogP contribution in [0.2, 0.25) is 0 Å². The summed E-state index contributed by atoms with van der Waals surface area (Å²) in [5.74, 6) is -0.394. The van der Waals surface area contributed by atoms with Gasteiger partial charge in [-0.25, -0.2) is 0 Å². The van der Waals surface area contributed by atoms with E-state index >= 15 is 0 Å². The van der Waals surface area contributed by atoms with Crippen LogP contribution in [0.3, 0.4) is 0 Å². The Morgan fingerprint density at radius 2 is 2.09 bits per heavy atom. The fourth-order valence-corrected chi connectivity index (χ4v) is 2.12. The lowest BCUT2D eigenvalue weighted by atomic mass is 10.1. The Balaban J connectivity index is 2.26. The molecule has 1 aromatic carbocycles. The highest BCUT2D eigenvalue weighted by Gasteiger charge is 2.19. The number of methoxy groups -OCH3 is 1. The van der Waals surface area contributed by atoms with Gasteiger partial charge in [0.2, 0.25) is 5.75 Å². The maximum Gasteiger partial charge on any atom is 0.315 e. The fourth-order valence-electron chi connectivity index (χ4n) is 2.12. The summed E-state index contributed by atoms with van der Waals surface area (Å²) in [6, 6.07) is 6.67. The summed E-state index contributed by atoms with van der Waals surface area (Å²) in [6.45, 7) is 4.14. The van der Waals surface area contributed by atoms with Crippen molar-refractivity contribution in [1.29, 1.82) is 0 Å². The predicted octanol–water partition coefficient (Wildman–Crippen LogP) is 2.93. The summed E-state index contributed by atoms with van der Waals surface area (Å²) in [6.07, 6.45) is 0. The molecule has 0 saturated heterocycles. The highest BCUT2D eigenvalue weighted by atomic mass is 16.6. The Morgan fingerprint density at radius 1 is 1.36 bits per heavy atom. The lowest BCUT2D eigenvalue weighted by Gasteiger charge is -2.11. The van der Waals surface area contributed by atoms with Gasteiger partial charge >= 0.3 is 5.69 Å². The van der Waals surface area contributed by atoms with E-state index < -0.39 is 10.7 Å². The van der Waals surface area contributed by atoms with Crippen molar-refractivity contribution in [2.45, 2.75) is 20.4 Å². The summed E-state index contributed by atoms with van der Waals surface area (Å²) >= 11 is 0. The van der Waals surface area contributed by atoms with Gasteiger partial charge in [-0.15, -0.1) is 0 Å². The molecule has 0 amide bonds. The highest BCUT2D eigenvalue weighted by molar-refractivity contribution is 5.58. The number of aromatic hydroxyl groups is 1. The summed E-state index contributed by atoms with van der Waals surface area (Å²) in [5, 5.41) is 23.9. The molecule has 0 atom stereocenters. The molecule has 1 aromatic heterocycles. The van der Waals surface area contributed by atoms with Crippen LogP contribution in [0.25, 0.3) is 0 Å². The minimum absolute atomic E-state index is 0.0738. The van der Waals surface area contributed by atoms with Gasteiger partial charge in [0.05, 0.1) is 23.4 Å². The maximum atomic E-state index is 11.0. The van der Waals surface area contributed by atoms with Gasteiger partial charge in [0.15, 0.2) is 5.75 Å². The molecular weight excluding hydrogens is 286 g/mol. The van der Waals surface area contributed by atoms with Crippen LogP contribution in [0.15, 0.2) is 24.3 Å². The van der Waals surface area contributed by atoms with E-state index in [4.69, 9.17) is 4.74 Å². The van der Waals surface area contributed by atoms with Crippen LogP contribution in [0, 0.1) is 24.0 Å². The number of phenolic OH excluding ortho intramolecular Hbond substituents is 1. The molecule has 22 heavy (non-hydrogen) atoms. The lowest BCUT2D eigenvalue weighted by Crippen LogP contribution is -2.04. The van der Waals surface area contributed by atoms with Crippen molar-refractivity contribution < 1.29 is 14.8 Å². The topological polar surface area (TPSA) is 97.5 Å². The van der Waals surface area contributed by atoms with E-state index in [1.54, 1.807) is 6.07 Å². The number of hydrogen-bond acceptors (Lipinski definition) is 6. The van der Waals surface area contributed by atoms with Gasteiger partial charge in [0.1, 0.15) is 0 Å². The monoisotopic (exact) mass is 303 g/mol. The van der Waals surface area contributed by atoms with E-state index in [2.05, 4.69) is 10.3 Å². The van der Waals surface area contributed by atoms with E-state index in [0.29, 0.717) is 12.1 Å². The number of aryl methyl sites for hydroxylation is 2. The second kappa shape index (κ2) is 6.30. The number of nitro benzene ring substituents is 1. The highest BCUT2D eigenvalue weighted by Crippen LogP contribution is 2.37. The first-order valence-corrected chi connectivity index (χ1v) is 6.64. The minimum Gasteiger partial charge on any atom is -0.500 e. The Hall–Kier alpha value is -2.83. The number of hydrogen-bond donors (Lipinski definition) is 2. The fraction of sp³-hybridized carbons (Fsp3) is 0.267. The zero-order valence-electron chi connectivity index (χ0n) is 12.6. The van der Waals surface area contributed by atoms with Gasteiger partial charge in [-0.2, -0.15) is 0 Å². The maximum absolute atomic E-state index is 11.0. The van der Waals surface area contributed by atoms with Crippen LogP contribution in [0.4, 0.5) is 11.4 Å². The number of phenols is 1. The van der Waals surface area contributed by atoms with Crippen LogP contribution in [0.5, 0.6) is 11.5 Å². The Kier molecular flexibility index (Phi) is 4.45. The summed E-state index contributed by atoms with van der Waals surface area (Å²) < 4.78 is 4.97. The predicted molar refractivity (Wildman–Crippen MR) is 82.4 cm³/mol. The van der Waals surface area contributed by atoms with Gasteiger partial charge in [-0.1, -0.05) is 0 Å². The zero-order valence-corrected chi connectivity index (χ0v) is 12.6. The first-order chi connectivity index (χ1) is 10.4. The van der Waals surface area contributed by atoms with Gasteiger partial charge in [0, 0.05) is 18.3 Å². The number of nitrogens with one attached hydrogen (secondary N) is 1. The molecule has 7 nitrogen and oxygen atoms in total. The molecular formula is C15H17N3O4. The van der Waals surface area contributed by atoms with Crippen molar-refractivity contribution in [2.24, 2.45) is 0 Å². The minimum atomic E-state index is -0.639. The molecule has 1 heterocycles. The Labute approximate surface area is 127 Å². The molecule has 7 heteroatoms. The molecule has 0 spiro atoms. The quantitative estimate of drug-likeness (QED) is 0.651. The van der Waals surface area contributed by atoms with Crippen molar-refractivity contribution >= 4 is 11.4 Å². The standard InChI is InChI=1S/C15H17N3O4/c1-9-4-5-12(10(2)17-9)16-8-11-6-13(18(20)21)15(19)14(7-11)22-3/h4-7,16,19H,8H2,1-3H3. The van der Waals surface area contributed by atoms with Gasteiger partial charge in [-0.3, -0.25) is 15.1 Å². The van der Waals surface area contributed by atoms with E-state index in [1.165, 1.54) is 13.2 Å². The number of nitro groups is 1. The van der Waals surface area contributed by atoms with Crippen LogP contribution >= 0.6 is 0 Å². The van der Waals surface area contributed by atoms with E-state index in [9.17, 15) is 15.2 Å². The first-order valence-electron chi connectivity index (χ1n) is 6.64. The third kappa shape index (κ3) is 3.25. The number of rotatable bonds is 5. The smallest absolute Gasteiger partial charge is 0.315 e. The Bertz CT molecular complexity index is 716. The molecule has 2 N–H and O–H groups in total. The molecule has 0 aliphatic heterocycles. The second-order valence-corrected chi connectivity index (χ2v) is 4.86. The van der Waals surface area contributed by atoms with Gasteiger partial charge < -0.3 is 15.2 Å². The number of benzene rings is 1. The zero-order chi connectivity index (χ0) is 16.3. The van der Waals surface area contributed by atoms with Crippen LogP contribution in [-0.4, -0.2) is 22.1 Å². The van der Waals surface area contributed by atoms with Crippen LogP contribution in [-0.2, 0) is 6.54 Å².